The minimum atomic E-state index is -0.157. The summed E-state index contributed by atoms with van der Waals surface area (Å²) in [6, 6.07) is 7.48. The average Bonchev–Trinajstić information content (AvgIpc) is 2.16. The first-order chi connectivity index (χ1) is 6.27. The quantitative estimate of drug-likeness (QED) is 0.596. The van der Waals surface area contributed by atoms with E-state index in [2.05, 4.69) is 17.9 Å². The molecule has 0 aromatic heterocycles. The van der Waals surface area contributed by atoms with Gasteiger partial charge in [0, 0.05) is 5.56 Å². The van der Waals surface area contributed by atoms with Gasteiger partial charge < -0.3 is 5.11 Å². The summed E-state index contributed by atoms with van der Waals surface area (Å²) in [4.78, 5) is 0. The van der Waals surface area contributed by atoms with Crippen LogP contribution < -0.4 is 0 Å². The van der Waals surface area contributed by atoms with Gasteiger partial charge in [0.05, 0.1) is 11.6 Å². The molecule has 64 valence electrons. The molecule has 0 aliphatic carbocycles. The molecule has 0 aliphatic rings. The van der Waals surface area contributed by atoms with Crippen LogP contribution in [0.4, 0.5) is 0 Å². The predicted molar refractivity (Wildman–Crippen MR) is 49.9 cm³/mol. The molecule has 1 aromatic rings. The minimum absolute atomic E-state index is 0.157. The number of benzene rings is 1. The molecule has 2 nitrogen and oxygen atoms in total. The fourth-order valence-corrected chi connectivity index (χ4v) is 0.962. The van der Waals surface area contributed by atoms with Crippen LogP contribution in [0.2, 0.25) is 0 Å². The SMILES string of the molecule is Cc1ccc(C#CCO)cc1C#N. The van der Waals surface area contributed by atoms with E-state index in [1.165, 1.54) is 0 Å². The standard InChI is InChI=1S/C11H9NO/c1-9-4-5-10(3-2-6-13)7-11(9)8-12/h4-5,7,13H,6H2,1H3. The van der Waals surface area contributed by atoms with Gasteiger partial charge in [-0.25, -0.2) is 0 Å². The van der Waals surface area contributed by atoms with Crippen LogP contribution in [0, 0.1) is 30.1 Å². The first-order valence-electron chi connectivity index (χ1n) is 3.88. The lowest BCUT2D eigenvalue weighted by atomic mass is 10.1. The third-order valence-corrected chi connectivity index (χ3v) is 1.67. The zero-order valence-electron chi connectivity index (χ0n) is 7.33. The minimum Gasteiger partial charge on any atom is -0.384 e. The van der Waals surface area contributed by atoms with Crippen LogP contribution in [0.3, 0.4) is 0 Å². The molecule has 0 saturated carbocycles. The Hall–Kier alpha value is -1.77. The third-order valence-electron chi connectivity index (χ3n) is 1.67. The summed E-state index contributed by atoms with van der Waals surface area (Å²) in [5, 5.41) is 17.2. The topological polar surface area (TPSA) is 44.0 Å². The van der Waals surface area contributed by atoms with Gasteiger partial charge in [0.1, 0.15) is 6.61 Å². The largest absolute Gasteiger partial charge is 0.384 e. The highest BCUT2D eigenvalue weighted by Crippen LogP contribution is 2.08. The smallest absolute Gasteiger partial charge is 0.104 e. The Labute approximate surface area is 77.4 Å². The summed E-state index contributed by atoms with van der Waals surface area (Å²) in [6.07, 6.45) is 0. The van der Waals surface area contributed by atoms with Gasteiger partial charge in [-0.2, -0.15) is 5.26 Å². The molecule has 13 heavy (non-hydrogen) atoms. The van der Waals surface area contributed by atoms with Gasteiger partial charge in [0.15, 0.2) is 0 Å². The highest BCUT2D eigenvalue weighted by Gasteiger charge is 1.96. The molecular weight excluding hydrogens is 162 g/mol. The molecule has 0 aliphatic heterocycles. The maximum Gasteiger partial charge on any atom is 0.104 e. The molecule has 0 amide bonds. The van der Waals surface area contributed by atoms with Crippen molar-refractivity contribution < 1.29 is 5.11 Å². The highest BCUT2D eigenvalue weighted by molar-refractivity contribution is 5.45. The van der Waals surface area contributed by atoms with E-state index in [1.807, 2.05) is 19.1 Å². The van der Waals surface area contributed by atoms with E-state index in [9.17, 15) is 0 Å². The summed E-state index contributed by atoms with van der Waals surface area (Å²) in [5.41, 5.74) is 2.33. The fraction of sp³-hybridized carbons (Fsp3) is 0.182. The molecule has 0 atom stereocenters. The van der Waals surface area contributed by atoms with Gasteiger partial charge >= 0.3 is 0 Å². The second kappa shape index (κ2) is 4.30. The number of hydrogen-bond acceptors (Lipinski definition) is 2. The summed E-state index contributed by atoms with van der Waals surface area (Å²) >= 11 is 0. The normalized spacial score (nSPS) is 8.38. The van der Waals surface area contributed by atoms with Crippen molar-refractivity contribution in [1.29, 1.82) is 5.26 Å². The van der Waals surface area contributed by atoms with Crippen molar-refractivity contribution in [2.45, 2.75) is 6.92 Å². The zero-order valence-corrected chi connectivity index (χ0v) is 7.33. The molecule has 1 aromatic carbocycles. The van der Waals surface area contributed by atoms with Gasteiger partial charge in [0.2, 0.25) is 0 Å². The van der Waals surface area contributed by atoms with Crippen LogP contribution >= 0.6 is 0 Å². The monoisotopic (exact) mass is 171 g/mol. The summed E-state index contributed by atoms with van der Waals surface area (Å²) < 4.78 is 0. The van der Waals surface area contributed by atoms with Gasteiger partial charge in [-0.15, -0.1) is 0 Å². The first-order valence-corrected chi connectivity index (χ1v) is 3.88. The van der Waals surface area contributed by atoms with Crippen LogP contribution in [0.25, 0.3) is 0 Å². The Balaban J connectivity index is 3.08. The van der Waals surface area contributed by atoms with Gasteiger partial charge in [-0.05, 0) is 24.6 Å². The molecular formula is C11H9NO. The Morgan fingerprint density at radius 1 is 1.46 bits per heavy atom. The molecule has 0 radical (unpaired) electrons. The van der Waals surface area contributed by atoms with Crippen molar-refractivity contribution in [2.24, 2.45) is 0 Å². The van der Waals surface area contributed by atoms with Crippen LogP contribution in [-0.4, -0.2) is 11.7 Å². The number of aliphatic hydroxyl groups is 1. The van der Waals surface area contributed by atoms with Crippen molar-refractivity contribution >= 4 is 0 Å². The van der Waals surface area contributed by atoms with Crippen molar-refractivity contribution in [2.75, 3.05) is 6.61 Å². The van der Waals surface area contributed by atoms with E-state index in [0.717, 1.165) is 11.1 Å². The van der Waals surface area contributed by atoms with E-state index < -0.39 is 0 Å². The van der Waals surface area contributed by atoms with Crippen LogP contribution in [0.5, 0.6) is 0 Å². The number of nitrogens with zero attached hydrogens (tertiary/aromatic N) is 1. The molecule has 0 heterocycles. The molecule has 0 bridgehead atoms. The maximum absolute atomic E-state index is 8.72. The lowest BCUT2D eigenvalue weighted by Gasteiger charge is -1.96. The Bertz CT molecular complexity index is 404. The van der Waals surface area contributed by atoms with E-state index in [0.29, 0.717) is 5.56 Å². The highest BCUT2D eigenvalue weighted by atomic mass is 16.2. The summed E-state index contributed by atoms with van der Waals surface area (Å²) in [7, 11) is 0. The molecule has 0 saturated heterocycles. The third kappa shape index (κ3) is 2.33. The van der Waals surface area contributed by atoms with E-state index in [4.69, 9.17) is 10.4 Å². The zero-order chi connectivity index (χ0) is 9.68. The number of rotatable bonds is 0. The van der Waals surface area contributed by atoms with Crippen molar-refractivity contribution in [3.63, 3.8) is 0 Å². The van der Waals surface area contributed by atoms with Crippen LogP contribution in [-0.2, 0) is 0 Å². The first kappa shape index (κ1) is 9.32. The second-order valence-corrected chi connectivity index (χ2v) is 2.60. The number of aryl methyl sites for hydroxylation is 1. The maximum atomic E-state index is 8.72. The summed E-state index contributed by atoms with van der Waals surface area (Å²) in [6.45, 7) is 1.72. The van der Waals surface area contributed by atoms with Gasteiger partial charge in [-0.1, -0.05) is 17.9 Å². The van der Waals surface area contributed by atoms with Gasteiger partial charge in [-0.3, -0.25) is 0 Å². The summed E-state index contributed by atoms with van der Waals surface area (Å²) in [5.74, 6) is 5.28. The Morgan fingerprint density at radius 2 is 2.23 bits per heavy atom. The molecule has 0 unspecified atom stereocenters. The number of hydrogen-bond donors (Lipinski definition) is 1. The van der Waals surface area contributed by atoms with E-state index >= 15 is 0 Å². The van der Waals surface area contributed by atoms with Crippen LogP contribution in [0.15, 0.2) is 18.2 Å². The number of aliphatic hydroxyl groups excluding tert-OH is 1. The average molecular weight is 171 g/mol. The van der Waals surface area contributed by atoms with Crippen molar-refractivity contribution in [3.8, 4) is 17.9 Å². The fourth-order valence-electron chi connectivity index (χ4n) is 0.962. The van der Waals surface area contributed by atoms with Crippen LogP contribution in [0.1, 0.15) is 16.7 Å². The molecule has 1 rings (SSSR count). The van der Waals surface area contributed by atoms with Crippen molar-refractivity contribution in [3.05, 3.63) is 34.9 Å². The molecule has 0 spiro atoms. The van der Waals surface area contributed by atoms with Crippen molar-refractivity contribution in [1.82, 2.24) is 0 Å². The molecule has 1 N–H and O–H groups in total. The lowest BCUT2D eigenvalue weighted by molar-refractivity contribution is 0.350. The lowest BCUT2D eigenvalue weighted by Crippen LogP contribution is -1.84. The van der Waals surface area contributed by atoms with E-state index in [1.54, 1.807) is 6.07 Å². The Kier molecular flexibility index (Phi) is 3.09. The Morgan fingerprint density at radius 3 is 2.85 bits per heavy atom. The molecule has 2 heteroatoms. The predicted octanol–water partition coefficient (Wildman–Crippen LogP) is 1.21. The van der Waals surface area contributed by atoms with Gasteiger partial charge in [0.25, 0.3) is 0 Å². The number of nitriles is 1. The molecule has 0 fully saturated rings. The van der Waals surface area contributed by atoms with E-state index in [-0.39, 0.29) is 6.61 Å². The second-order valence-electron chi connectivity index (χ2n) is 2.60.